The zero-order valence-electron chi connectivity index (χ0n) is 16.4. The summed E-state index contributed by atoms with van der Waals surface area (Å²) in [5.41, 5.74) is 2.18. The maximum atomic E-state index is 13.4. The molecule has 0 aromatic heterocycles. The lowest BCUT2D eigenvalue weighted by molar-refractivity contribution is 0.276. The van der Waals surface area contributed by atoms with Crippen LogP contribution in [-0.4, -0.2) is 25.2 Å². The van der Waals surface area contributed by atoms with Crippen LogP contribution in [0.2, 0.25) is 0 Å². The standard InChI is InChI=1S/C23H28ClNO2S/c1-19-17-23(28(26,27)21-13-7-3-8-14-21)22(15-9-4-10-16-24)25(19)18-20-11-5-2-6-12-20/h2-3,5-8,11-14,19H,4,9-10,15-18H2,1H3. The van der Waals surface area contributed by atoms with Crippen LogP contribution >= 0.6 is 11.6 Å². The number of alkyl halides is 1. The van der Waals surface area contributed by atoms with Gasteiger partial charge < -0.3 is 4.90 Å². The number of benzene rings is 2. The first-order valence-corrected chi connectivity index (χ1v) is 11.9. The second-order valence-electron chi connectivity index (χ2n) is 7.35. The van der Waals surface area contributed by atoms with Gasteiger partial charge in [0.25, 0.3) is 0 Å². The van der Waals surface area contributed by atoms with Gasteiger partial charge in [-0.2, -0.15) is 0 Å². The summed E-state index contributed by atoms with van der Waals surface area (Å²) >= 11 is 5.82. The van der Waals surface area contributed by atoms with E-state index < -0.39 is 9.84 Å². The Hall–Kier alpha value is -1.78. The monoisotopic (exact) mass is 417 g/mol. The van der Waals surface area contributed by atoms with Gasteiger partial charge in [-0.15, -0.1) is 11.6 Å². The summed E-state index contributed by atoms with van der Waals surface area (Å²) in [4.78, 5) is 3.26. The second-order valence-corrected chi connectivity index (χ2v) is 9.70. The third-order valence-electron chi connectivity index (χ3n) is 5.30. The van der Waals surface area contributed by atoms with Gasteiger partial charge in [-0.3, -0.25) is 0 Å². The molecule has 1 aliphatic rings. The first-order chi connectivity index (χ1) is 13.5. The number of sulfone groups is 1. The number of halogens is 1. The van der Waals surface area contributed by atoms with E-state index in [1.807, 2.05) is 24.3 Å². The average Bonchev–Trinajstić information content (AvgIpc) is 3.03. The Labute approximate surface area is 173 Å². The summed E-state index contributed by atoms with van der Waals surface area (Å²) in [5.74, 6) is 0.651. The van der Waals surface area contributed by atoms with Crippen LogP contribution in [-0.2, 0) is 16.4 Å². The van der Waals surface area contributed by atoms with Crippen molar-refractivity contribution < 1.29 is 8.42 Å². The van der Waals surface area contributed by atoms with E-state index in [9.17, 15) is 8.42 Å². The van der Waals surface area contributed by atoms with E-state index in [1.165, 1.54) is 5.56 Å². The minimum atomic E-state index is -3.48. The Morgan fingerprint density at radius 1 is 0.964 bits per heavy atom. The molecule has 2 aromatic rings. The molecule has 0 saturated carbocycles. The van der Waals surface area contributed by atoms with Crippen molar-refractivity contribution in [2.75, 3.05) is 5.88 Å². The summed E-state index contributed by atoms with van der Waals surface area (Å²) in [6, 6.07) is 19.2. The number of rotatable bonds is 9. The van der Waals surface area contributed by atoms with Crippen LogP contribution in [0.4, 0.5) is 0 Å². The van der Waals surface area contributed by atoms with E-state index in [0.29, 0.717) is 22.1 Å². The Morgan fingerprint density at radius 2 is 1.61 bits per heavy atom. The Balaban J connectivity index is 1.95. The molecule has 3 rings (SSSR count). The third-order valence-corrected chi connectivity index (χ3v) is 7.51. The number of nitrogens with zero attached hydrogens (tertiary/aromatic N) is 1. The highest BCUT2D eigenvalue weighted by Gasteiger charge is 2.35. The van der Waals surface area contributed by atoms with Crippen molar-refractivity contribution in [2.24, 2.45) is 0 Å². The Morgan fingerprint density at radius 3 is 2.25 bits per heavy atom. The highest BCUT2D eigenvalue weighted by Crippen LogP contribution is 2.38. The molecule has 0 bridgehead atoms. The zero-order chi connectivity index (χ0) is 20.0. The molecule has 0 aliphatic carbocycles. The predicted octanol–water partition coefficient (Wildman–Crippen LogP) is 5.77. The summed E-state index contributed by atoms with van der Waals surface area (Å²) in [6.07, 6.45) is 4.27. The quantitative estimate of drug-likeness (QED) is 0.384. The van der Waals surface area contributed by atoms with Gasteiger partial charge in [0, 0.05) is 30.6 Å². The van der Waals surface area contributed by atoms with Crippen LogP contribution in [0, 0.1) is 0 Å². The molecule has 0 fully saturated rings. The van der Waals surface area contributed by atoms with Crippen LogP contribution in [0.5, 0.6) is 0 Å². The summed E-state index contributed by atoms with van der Waals surface area (Å²) in [7, 11) is -3.48. The molecule has 3 nitrogen and oxygen atoms in total. The maximum absolute atomic E-state index is 13.4. The van der Waals surface area contributed by atoms with Gasteiger partial charge in [0.15, 0.2) is 0 Å². The molecule has 0 radical (unpaired) electrons. The lowest BCUT2D eigenvalue weighted by Gasteiger charge is -2.28. The summed E-state index contributed by atoms with van der Waals surface area (Å²) < 4.78 is 26.7. The largest absolute Gasteiger partial charge is 0.367 e. The molecule has 1 atom stereocenters. The van der Waals surface area contributed by atoms with E-state index >= 15 is 0 Å². The summed E-state index contributed by atoms with van der Waals surface area (Å²) in [5, 5.41) is 0. The molecule has 0 N–H and O–H groups in total. The van der Waals surface area contributed by atoms with Crippen LogP contribution in [0.3, 0.4) is 0 Å². The third kappa shape index (κ3) is 4.79. The van der Waals surface area contributed by atoms with E-state index in [1.54, 1.807) is 24.3 Å². The van der Waals surface area contributed by atoms with E-state index in [2.05, 4.69) is 24.0 Å². The fraction of sp³-hybridized carbons (Fsp3) is 0.391. The average molecular weight is 418 g/mol. The number of allylic oxidation sites excluding steroid dienone is 1. The smallest absolute Gasteiger partial charge is 0.204 e. The molecule has 0 amide bonds. The normalized spacial score (nSPS) is 17.4. The molecular weight excluding hydrogens is 390 g/mol. The SMILES string of the molecule is CC1CC(S(=O)(=O)c2ccccc2)=C(CCCCCCl)N1Cc1ccccc1. The number of hydrogen-bond acceptors (Lipinski definition) is 3. The number of hydrogen-bond donors (Lipinski definition) is 0. The first-order valence-electron chi connectivity index (χ1n) is 9.92. The van der Waals surface area contributed by atoms with Crippen LogP contribution in [0.25, 0.3) is 0 Å². The Bertz CT molecular complexity index is 895. The van der Waals surface area contributed by atoms with Crippen molar-refractivity contribution in [3.63, 3.8) is 0 Å². The van der Waals surface area contributed by atoms with Crippen molar-refractivity contribution >= 4 is 21.4 Å². The lowest BCUT2D eigenvalue weighted by atomic mass is 10.1. The highest BCUT2D eigenvalue weighted by molar-refractivity contribution is 7.95. The van der Waals surface area contributed by atoms with Crippen LogP contribution in [0.15, 0.2) is 76.2 Å². The maximum Gasteiger partial charge on any atom is 0.204 e. The second kappa shape index (κ2) is 9.62. The molecule has 0 spiro atoms. The lowest BCUT2D eigenvalue weighted by Crippen LogP contribution is -2.27. The Kier molecular flexibility index (Phi) is 7.19. The molecule has 5 heteroatoms. The zero-order valence-corrected chi connectivity index (χ0v) is 17.9. The van der Waals surface area contributed by atoms with Crippen LogP contribution < -0.4 is 0 Å². The highest BCUT2D eigenvalue weighted by atomic mass is 35.5. The van der Waals surface area contributed by atoms with Gasteiger partial charge in [0.1, 0.15) is 0 Å². The van der Waals surface area contributed by atoms with E-state index in [-0.39, 0.29) is 6.04 Å². The van der Waals surface area contributed by atoms with Gasteiger partial charge in [-0.25, -0.2) is 8.42 Å². The molecule has 150 valence electrons. The fourth-order valence-corrected chi connectivity index (χ4v) is 5.79. The van der Waals surface area contributed by atoms with Crippen LogP contribution in [0.1, 0.15) is 44.6 Å². The van der Waals surface area contributed by atoms with Gasteiger partial charge in [0.05, 0.1) is 9.80 Å². The molecular formula is C23H28ClNO2S. The molecule has 2 aromatic carbocycles. The number of unbranched alkanes of at least 4 members (excludes halogenated alkanes) is 2. The van der Waals surface area contributed by atoms with Gasteiger partial charge in [-0.1, -0.05) is 55.0 Å². The van der Waals surface area contributed by atoms with Crippen molar-refractivity contribution in [3.05, 3.63) is 76.8 Å². The molecule has 1 unspecified atom stereocenters. The summed E-state index contributed by atoms with van der Waals surface area (Å²) in [6.45, 7) is 2.86. The van der Waals surface area contributed by atoms with Crippen molar-refractivity contribution in [3.8, 4) is 0 Å². The molecule has 1 aliphatic heterocycles. The molecule has 1 heterocycles. The molecule has 28 heavy (non-hydrogen) atoms. The van der Waals surface area contributed by atoms with Gasteiger partial charge in [0.2, 0.25) is 9.84 Å². The van der Waals surface area contributed by atoms with Gasteiger partial charge in [-0.05, 0) is 43.9 Å². The predicted molar refractivity (Wildman–Crippen MR) is 116 cm³/mol. The minimum Gasteiger partial charge on any atom is -0.367 e. The van der Waals surface area contributed by atoms with Gasteiger partial charge >= 0.3 is 0 Å². The molecule has 0 saturated heterocycles. The van der Waals surface area contributed by atoms with Crippen molar-refractivity contribution in [1.82, 2.24) is 4.90 Å². The fourth-order valence-electron chi connectivity index (χ4n) is 3.81. The van der Waals surface area contributed by atoms with E-state index in [4.69, 9.17) is 11.6 Å². The minimum absolute atomic E-state index is 0.164. The topological polar surface area (TPSA) is 37.4 Å². The van der Waals surface area contributed by atoms with Crippen molar-refractivity contribution in [1.29, 1.82) is 0 Å². The van der Waals surface area contributed by atoms with Crippen molar-refractivity contribution in [2.45, 2.75) is 56.5 Å². The first kappa shape index (κ1) is 20.9. The van der Waals surface area contributed by atoms with E-state index in [0.717, 1.165) is 37.9 Å².